The highest BCUT2D eigenvalue weighted by Gasteiger charge is 2.36. The number of carbonyl (C=O) groups is 1. The van der Waals surface area contributed by atoms with E-state index in [1.807, 2.05) is 54.6 Å². The molecule has 0 heterocycles. The molecule has 2 nitrogen and oxygen atoms in total. The van der Waals surface area contributed by atoms with Gasteiger partial charge in [0.25, 0.3) is 0 Å². The molecule has 1 aliphatic rings. The molecule has 1 atom stereocenters. The third-order valence-corrected chi connectivity index (χ3v) is 3.90. The van der Waals surface area contributed by atoms with Gasteiger partial charge in [0.05, 0.1) is 5.41 Å². The van der Waals surface area contributed by atoms with Crippen LogP contribution in [0.3, 0.4) is 0 Å². The lowest BCUT2D eigenvalue weighted by atomic mass is 9.73. The maximum Gasteiger partial charge on any atom is 0.313 e. The highest BCUT2D eigenvalue weighted by atomic mass is 16.4. The number of aliphatic carboxylic acids is 1. The van der Waals surface area contributed by atoms with Gasteiger partial charge in [-0.05, 0) is 35.6 Å². The van der Waals surface area contributed by atoms with Crippen LogP contribution in [0.5, 0.6) is 0 Å². The molecule has 0 aromatic heterocycles. The largest absolute Gasteiger partial charge is 0.481 e. The Kier molecular flexibility index (Phi) is 2.94. The minimum Gasteiger partial charge on any atom is -0.481 e. The van der Waals surface area contributed by atoms with Crippen molar-refractivity contribution in [3.63, 3.8) is 0 Å². The zero-order valence-electron chi connectivity index (χ0n) is 11.3. The van der Waals surface area contributed by atoms with Crippen molar-refractivity contribution in [2.24, 2.45) is 5.41 Å². The molecule has 0 spiro atoms. The van der Waals surface area contributed by atoms with Crippen molar-refractivity contribution >= 4 is 11.5 Å². The molecule has 0 unspecified atom stereocenters. The van der Waals surface area contributed by atoms with Gasteiger partial charge in [-0.25, -0.2) is 0 Å². The van der Waals surface area contributed by atoms with Crippen LogP contribution in [-0.2, 0) is 11.2 Å². The van der Waals surface area contributed by atoms with E-state index in [9.17, 15) is 9.90 Å². The van der Waals surface area contributed by atoms with Gasteiger partial charge in [-0.3, -0.25) is 4.79 Å². The Morgan fingerprint density at radius 2 is 1.70 bits per heavy atom. The van der Waals surface area contributed by atoms with Crippen molar-refractivity contribution in [1.82, 2.24) is 0 Å². The van der Waals surface area contributed by atoms with Gasteiger partial charge in [-0.15, -0.1) is 0 Å². The van der Waals surface area contributed by atoms with Gasteiger partial charge in [-0.2, -0.15) is 0 Å². The molecule has 0 amide bonds. The average molecular weight is 264 g/mol. The van der Waals surface area contributed by atoms with Crippen molar-refractivity contribution < 1.29 is 9.90 Å². The van der Waals surface area contributed by atoms with Gasteiger partial charge in [0.2, 0.25) is 0 Å². The third-order valence-electron chi connectivity index (χ3n) is 3.90. The molecule has 2 aromatic rings. The van der Waals surface area contributed by atoms with Crippen molar-refractivity contribution in [1.29, 1.82) is 0 Å². The van der Waals surface area contributed by atoms with E-state index < -0.39 is 11.4 Å². The van der Waals surface area contributed by atoms with Crippen LogP contribution in [-0.4, -0.2) is 11.1 Å². The predicted molar refractivity (Wildman–Crippen MR) is 79.4 cm³/mol. The average Bonchev–Trinajstić information content (AvgIpc) is 2.47. The number of hydrogen-bond acceptors (Lipinski definition) is 1. The first-order chi connectivity index (χ1) is 9.60. The van der Waals surface area contributed by atoms with Gasteiger partial charge in [0.15, 0.2) is 0 Å². The molecular weight excluding hydrogens is 248 g/mol. The number of carboxylic acids is 1. The maximum absolute atomic E-state index is 11.6. The standard InChI is InChI=1S/C18H16O2/c1-18(17(19)20)11-14-9-5-6-10-15(14)16(12-18)13-7-3-2-4-8-13/h2-10,12H,11H2,1H3,(H,19,20)/t18-/m0/s1. The van der Waals surface area contributed by atoms with Crippen LogP contribution < -0.4 is 0 Å². The summed E-state index contributed by atoms with van der Waals surface area (Å²) in [6.45, 7) is 1.79. The molecule has 0 fully saturated rings. The summed E-state index contributed by atoms with van der Waals surface area (Å²) < 4.78 is 0. The van der Waals surface area contributed by atoms with Gasteiger partial charge < -0.3 is 5.11 Å². The zero-order chi connectivity index (χ0) is 14.2. The Morgan fingerprint density at radius 3 is 2.40 bits per heavy atom. The molecule has 0 bridgehead atoms. The first-order valence-corrected chi connectivity index (χ1v) is 6.70. The summed E-state index contributed by atoms with van der Waals surface area (Å²) in [4.78, 5) is 11.6. The molecular formula is C18H16O2. The Bertz CT molecular complexity index is 686. The van der Waals surface area contributed by atoms with Crippen LogP contribution >= 0.6 is 0 Å². The maximum atomic E-state index is 11.6. The molecule has 100 valence electrons. The molecule has 0 aliphatic heterocycles. The second-order valence-corrected chi connectivity index (χ2v) is 5.48. The highest BCUT2D eigenvalue weighted by molar-refractivity contribution is 5.89. The van der Waals surface area contributed by atoms with E-state index in [1.54, 1.807) is 6.92 Å². The first-order valence-electron chi connectivity index (χ1n) is 6.70. The van der Waals surface area contributed by atoms with E-state index in [1.165, 1.54) is 0 Å². The summed E-state index contributed by atoms with van der Waals surface area (Å²) in [5.41, 5.74) is 3.46. The van der Waals surface area contributed by atoms with E-state index in [0.29, 0.717) is 6.42 Å². The lowest BCUT2D eigenvalue weighted by molar-refractivity contribution is -0.145. The summed E-state index contributed by atoms with van der Waals surface area (Å²) in [7, 11) is 0. The van der Waals surface area contributed by atoms with Crippen molar-refractivity contribution in [2.75, 3.05) is 0 Å². The van der Waals surface area contributed by atoms with Crippen LogP contribution in [0.4, 0.5) is 0 Å². The molecule has 0 radical (unpaired) electrons. The minimum absolute atomic E-state index is 0.537. The molecule has 20 heavy (non-hydrogen) atoms. The molecule has 0 saturated carbocycles. The second-order valence-electron chi connectivity index (χ2n) is 5.48. The summed E-state index contributed by atoms with van der Waals surface area (Å²) in [5, 5.41) is 9.54. The van der Waals surface area contributed by atoms with Crippen LogP contribution in [0.25, 0.3) is 5.57 Å². The van der Waals surface area contributed by atoms with Gasteiger partial charge in [-0.1, -0.05) is 60.7 Å². The Balaban J connectivity index is 2.22. The number of benzene rings is 2. The van der Waals surface area contributed by atoms with Gasteiger partial charge >= 0.3 is 5.97 Å². The molecule has 1 N–H and O–H groups in total. The van der Waals surface area contributed by atoms with Crippen LogP contribution in [0.15, 0.2) is 60.7 Å². The fraction of sp³-hybridized carbons (Fsp3) is 0.167. The topological polar surface area (TPSA) is 37.3 Å². The summed E-state index contributed by atoms with van der Waals surface area (Å²) in [6.07, 6.45) is 2.43. The molecule has 0 saturated heterocycles. The van der Waals surface area contributed by atoms with Crippen molar-refractivity contribution in [3.8, 4) is 0 Å². The highest BCUT2D eigenvalue weighted by Crippen LogP contribution is 2.39. The fourth-order valence-electron chi connectivity index (χ4n) is 2.77. The van der Waals surface area contributed by atoms with Gasteiger partial charge in [0.1, 0.15) is 0 Å². The predicted octanol–water partition coefficient (Wildman–Crippen LogP) is 3.77. The lowest BCUT2D eigenvalue weighted by Crippen LogP contribution is -2.31. The number of carboxylic acid groups (broad SMARTS) is 1. The van der Waals surface area contributed by atoms with Crippen LogP contribution in [0.2, 0.25) is 0 Å². The number of fused-ring (bicyclic) bond motifs is 1. The van der Waals surface area contributed by atoms with Crippen LogP contribution in [0, 0.1) is 5.41 Å². The molecule has 2 aromatic carbocycles. The Morgan fingerprint density at radius 1 is 1.05 bits per heavy atom. The normalized spacial score (nSPS) is 20.9. The van der Waals surface area contributed by atoms with Crippen LogP contribution in [0.1, 0.15) is 23.6 Å². The minimum atomic E-state index is -0.848. The quantitative estimate of drug-likeness (QED) is 0.896. The summed E-state index contributed by atoms with van der Waals surface area (Å²) in [6, 6.07) is 18.0. The lowest BCUT2D eigenvalue weighted by Gasteiger charge is -2.29. The number of rotatable bonds is 2. The smallest absolute Gasteiger partial charge is 0.313 e. The van der Waals surface area contributed by atoms with Crippen molar-refractivity contribution in [3.05, 3.63) is 77.4 Å². The SMILES string of the molecule is C[C@@]1(C(=O)O)C=C(c2ccccc2)c2ccccc2C1. The second kappa shape index (κ2) is 4.64. The summed E-state index contributed by atoms with van der Waals surface area (Å²) in [5.74, 6) is -0.777. The van der Waals surface area contributed by atoms with E-state index in [2.05, 4.69) is 6.07 Å². The van der Waals surface area contributed by atoms with Gasteiger partial charge in [0, 0.05) is 0 Å². The van der Waals surface area contributed by atoms with Crippen molar-refractivity contribution in [2.45, 2.75) is 13.3 Å². The zero-order valence-corrected chi connectivity index (χ0v) is 11.3. The van der Waals surface area contributed by atoms with E-state index in [-0.39, 0.29) is 0 Å². The Labute approximate surface area is 118 Å². The van der Waals surface area contributed by atoms with E-state index in [4.69, 9.17) is 0 Å². The molecule has 3 rings (SSSR count). The Hall–Kier alpha value is -2.35. The third kappa shape index (κ3) is 2.03. The molecule has 1 aliphatic carbocycles. The summed E-state index contributed by atoms with van der Waals surface area (Å²) >= 11 is 0. The van der Waals surface area contributed by atoms with E-state index in [0.717, 1.165) is 22.3 Å². The monoisotopic (exact) mass is 264 g/mol. The fourth-order valence-corrected chi connectivity index (χ4v) is 2.77. The number of hydrogen-bond donors (Lipinski definition) is 1. The first kappa shape index (κ1) is 12.7. The molecule has 2 heteroatoms. The van der Waals surface area contributed by atoms with E-state index >= 15 is 0 Å².